The first-order valence-electron chi connectivity index (χ1n) is 7.24. The van der Waals surface area contributed by atoms with Gasteiger partial charge in [0, 0.05) is 32.2 Å². The largest absolute Gasteiger partial charge is 0.388 e. The monoisotopic (exact) mass is 262 g/mol. The summed E-state index contributed by atoms with van der Waals surface area (Å²) in [6.45, 7) is 8.68. The number of hydrogen-bond donors (Lipinski definition) is 1. The SMILES string of the molecule is Cc1ccccc1C(O)CCN1CCN(C)CC1C. The van der Waals surface area contributed by atoms with Gasteiger partial charge in [-0.25, -0.2) is 0 Å². The van der Waals surface area contributed by atoms with Gasteiger partial charge in [-0.05, 0) is 38.4 Å². The molecule has 1 aliphatic heterocycles. The van der Waals surface area contributed by atoms with E-state index in [4.69, 9.17) is 0 Å². The number of aryl methyl sites for hydroxylation is 1. The molecule has 1 aliphatic rings. The van der Waals surface area contributed by atoms with Gasteiger partial charge in [0.15, 0.2) is 0 Å². The molecule has 0 spiro atoms. The van der Waals surface area contributed by atoms with E-state index in [1.165, 1.54) is 5.56 Å². The molecular weight excluding hydrogens is 236 g/mol. The summed E-state index contributed by atoms with van der Waals surface area (Å²) in [5.41, 5.74) is 2.26. The Morgan fingerprint density at radius 1 is 1.32 bits per heavy atom. The van der Waals surface area contributed by atoms with E-state index < -0.39 is 0 Å². The third kappa shape index (κ3) is 3.78. The summed E-state index contributed by atoms with van der Waals surface area (Å²) in [6, 6.07) is 8.71. The van der Waals surface area contributed by atoms with Gasteiger partial charge in [-0.15, -0.1) is 0 Å². The summed E-state index contributed by atoms with van der Waals surface area (Å²) >= 11 is 0. The van der Waals surface area contributed by atoms with Crippen LogP contribution in [0.25, 0.3) is 0 Å². The molecule has 0 radical (unpaired) electrons. The van der Waals surface area contributed by atoms with E-state index in [9.17, 15) is 5.11 Å². The van der Waals surface area contributed by atoms with E-state index >= 15 is 0 Å². The van der Waals surface area contributed by atoms with E-state index in [0.29, 0.717) is 6.04 Å². The lowest BCUT2D eigenvalue weighted by Crippen LogP contribution is -2.50. The van der Waals surface area contributed by atoms with Crippen LogP contribution in [-0.4, -0.2) is 54.2 Å². The molecule has 3 heteroatoms. The van der Waals surface area contributed by atoms with Crippen LogP contribution >= 0.6 is 0 Å². The zero-order valence-electron chi connectivity index (χ0n) is 12.3. The Bertz CT molecular complexity index is 407. The number of hydrogen-bond acceptors (Lipinski definition) is 3. The third-order valence-electron chi connectivity index (χ3n) is 4.21. The summed E-state index contributed by atoms with van der Waals surface area (Å²) in [4.78, 5) is 4.86. The van der Waals surface area contributed by atoms with Crippen LogP contribution in [0, 0.1) is 6.92 Å². The van der Waals surface area contributed by atoms with E-state index in [1.54, 1.807) is 0 Å². The first-order valence-corrected chi connectivity index (χ1v) is 7.24. The van der Waals surface area contributed by atoms with E-state index in [-0.39, 0.29) is 6.10 Å². The van der Waals surface area contributed by atoms with Crippen LogP contribution < -0.4 is 0 Å². The molecule has 0 aliphatic carbocycles. The summed E-state index contributed by atoms with van der Waals surface area (Å²) < 4.78 is 0. The van der Waals surface area contributed by atoms with Gasteiger partial charge in [-0.1, -0.05) is 24.3 Å². The molecule has 0 bridgehead atoms. The molecule has 1 saturated heterocycles. The van der Waals surface area contributed by atoms with Gasteiger partial charge in [-0.2, -0.15) is 0 Å². The molecule has 3 nitrogen and oxygen atoms in total. The average Bonchev–Trinajstić information content (AvgIpc) is 2.38. The molecule has 2 unspecified atom stereocenters. The van der Waals surface area contributed by atoms with Crippen molar-refractivity contribution < 1.29 is 5.11 Å². The fourth-order valence-corrected chi connectivity index (χ4v) is 2.91. The second-order valence-electron chi connectivity index (χ2n) is 5.81. The molecule has 0 aromatic heterocycles. The Labute approximate surface area is 116 Å². The molecule has 1 aromatic carbocycles. The number of rotatable bonds is 4. The van der Waals surface area contributed by atoms with Crippen LogP contribution in [0.5, 0.6) is 0 Å². The fourth-order valence-electron chi connectivity index (χ4n) is 2.91. The van der Waals surface area contributed by atoms with Crippen molar-refractivity contribution in [1.82, 2.24) is 9.80 Å². The Hall–Kier alpha value is -0.900. The third-order valence-corrected chi connectivity index (χ3v) is 4.21. The van der Waals surface area contributed by atoms with Crippen molar-refractivity contribution in [2.75, 3.05) is 33.2 Å². The topological polar surface area (TPSA) is 26.7 Å². The van der Waals surface area contributed by atoms with Gasteiger partial charge in [-0.3, -0.25) is 4.90 Å². The number of aliphatic hydroxyl groups excluding tert-OH is 1. The predicted molar refractivity (Wildman–Crippen MR) is 79.3 cm³/mol. The molecule has 2 rings (SSSR count). The maximum atomic E-state index is 10.3. The molecule has 0 saturated carbocycles. The second-order valence-corrected chi connectivity index (χ2v) is 5.81. The summed E-state index contributed by atoms with van der Waals surface area (Å²) in [5.74, 6) is 0. The zero-order chi connectivity index (χ0) is 13.8. The van der Waals surface area contributed by atoms with Crippen molar-refractivity contribution in [2.24, 2.45) is 0 Å². The lowest BCUT2D eigenvalue weighted by Gasteiger charge is -2.38. The highest BCUT2D eigenvalue weighted by atomic mass is 16.3. The Balaban J connectivity index is 1.87. The first-order chi connectivity index (χ1) is 9.08. The molecule has 1 N–H and O–H groups in total. The molecule has 2 atom stereocenters. The number of nitrogens with zero attached hydrogens (tertiary/aromatic N) is 2. The van der Waals surface area contributed by atoms with Crippen molar-refractivity contribution in [2.45, 2.75) is 32.4 Å². The first kappa shape index (κ1) is 14.5. The standard InChI is InChI=1S/C16H26N2O/c1-13-6-4-5-7-15(13)16(19)8-9-18-11-10-17(3)12-14(18)2/h4-7,14,16,19H,8-12H2,1-3H3. The normalized spacial score (nSPS) is 23.5. The Kier molecular flexibility index (Phi) is 4.97. The lowest BCUT2D eigenvalue weighted by atomic mass is 10.0. The number of benzene rings is 1. The molecule has 1 fully saturated rings. The van der Waals surface area contributed by atoms with Gasteiger partial charge in [0.05, 0.1) is 6.10 Å². The number of piperazine rings is 1. The van der Waals surface area contributed by atoms with Crippen LogP contribution in [0.3, 0.4) is 0 Å². The van der Waals surface area contributed by atoms with Crippen molar-refractivity contribution in [1.29, 1.82) is 0 Å². The lowest BCUT2D eigenvalue weighted by molar-refractivity contribution is 0.0768. The molecule has 1 heterocycles. The van der Waals surface area contributed by atoms with E-state index in [2.05, 4.69) is 36.8 Å². The van der Waals surface area contributed by atoms with E-state index in [1.807, 2.05) is 18.2 Å². The van der Waals surface area contributed by atoms with Gasteiger partial charge in [0.25, 0.3) is 0 Å². The molecule has 1 aromatic rings. The molecular formula is C16H26N2O. The van der Waals surface area contributed by atoms with Crippen molar-refractivity contribution in [3.05, 3.63) is 35.4 Å². The summed E-state index contributed by atoms with van der Waals surface area (Å²) in [5, 5.41) is 10.3. The average molecular weight is 262 g/mol. The molecule has 0 amide bonds. The van der Waals surface area contributed by atoms with Crippen LogP contribution in [-0.2, 0) is 0 Å². The fraction of sp³-hybridized carbons (Fsp3) is 0.625. The number of likely N-dealkylation sites (N-methyl/N-ethyl adjacent to an activating group) is 1. The predicted octanol–water partition coefficient (Wildman–Crippen LogP) is 2.05. The van der Waals surface area contributed by atoms with Crippen LogP contribution in [0.15, 0.2) is 24.3 Å². The number of aliphatic hydroxyl groups is 1. The van der Waals surface area contributed by atoms with Gasteiger partial charge in [0.2, 0.25) is 0 Å². The minimum absolute atomic E-state index is 0.340. The highest BCUT2D eigenvalue weighted by molar-refractivity contribution is 5.27. The molecule has 19 heavy (non-hydrogen) atoms. The van der Waals surface area contributed by atoms with Crippen molar-refractivity contribution in [3.63, 3.8) is 0 Å². The van der Waals surface area contributed by atoms with E-state index in [0.717, 1.165) is 38.2 Å². The minimum Gasteiger partial charge on any atom is -0.388 e. The maximum Gasteiger partial charge on any atom is 0.0804 e. The summed E-state index contributed by atoms with van der Waals surface area (Å²) in [7, 11) is 2.18. The smallest absolute Gasteiger partial charge is 0.0804 e. The van der Waals surface area contributed by atoms with Crippen molar-refractivity contribution in [3.8, 4) is 0 Å². The van der Waals surface area contributed by atoms with Crippen molar-refractivity contribution >= 4 is 0 Å². The second kappa shape index (κ2) is 6.51. The Morgan fingerprint density at radius 2 is 2.05 bits per heavy atom. The Morgan fingerprint density at radius 3 is 2.74 bits per heavy atom. The summed E-state index contributed by atoms with van der Waals surface area (Å²) in [6.07, 6.45) is 0.479. The molecule has 106 valence electrons. The van der Waals surface area contributed by atoms with Crippen LogP contribution in [0.4, 0.5) is 0 Å². The quantitative estimate of drug-likeness (QED) is 0.899. The minimum atomic E-state index is -0.340. The van der Waals surface area contributed by atoms with Gasteiger partial charge >= 0.3 is 0 Å². The zero-order valence-corrected chi connectivity index (χ0v) is 12.3. The van der Waals surface area contributed by atoms with Gasteiger partial charge in [0.1, 0.15) is 0 Å². The maximum absolute atomic E-state index is 10.3. The van der Waals surface area contributed by atoms with Crippen LogP contribution in [0.2, 0.25) is 0 Å². The van der Waals surface area contributed by atoms with Gasteiger partial charge < -0.3 is 10.0 Å². The van der Waals surface area contributed by atoms with Crippen LogP contribution in [0.1, 0.15) is 30.6 Å². The highest BCUT2D eigenvalue weighted by Crippen LogP contribution is 2.21. The highest BCUT2D eigenvalue weighted by Gasteiger charge is 2.22.